The lowest BCUT2D eigenvalue weighted by Crippen LogP contribution is -2.27. The topological polar surface area (TPSA) is 86.1 Å². The molecule has 0 aliphatic heterocycles. The molecule has 2 heterocycles. The maximum absolute atomic E-state index is 12.6. The number of rotatable bonds is 9. The van der Waals surface area contributed by atoms with E-state index in [1.165, 1.54) is 10.9 Å². The fourth-order valence-electron chi connectivity index (χ4n) is 2.80. The molecule has 7 nitrogen and oxygen atoms in total. The first-order chi connectivity index (χ1) is 14.1. The van der Waals surface area contributed by atoms with Crippen LogP contribution in [0.1, 0.15) is 31.7 Å². The molecule has 1 aromatic carbocycles. The summed E-state index contributed by atoms with van der Waals surface area (Å²) >= 11 is 3.37. The van der Waals surface area contributed by atoms with Gasteiger partial charge in [0.05, 0.1) is 23.8 Å². The molecule has 0 atom stereocenters. The van der Waals surface area contributed by atoms with E-state index >= 15 is 0 Å². The number of aryl methyl sites for hydroxylation is 1. The monoisotopic (exact) mass is 458 g/mol. The maximum atomic E-state index is 12.6. The van der Waals surface area contributed by atoms with Gasteiger partial charge in [-0.25, -0.2) is 9.97 Å². The molecule has 1 N–H and O–H groups in total. The van der Waals surface area contributed by atoms with Crippen LogP contribution >= 0.6 is 15.9 Å². The highest BCUT2D eigenvalue weighted by molar-refractivity contribution is 9.10. The number of benzene rings is 1. The summed E-state index contributed by atoms with van der Waals surface area (Å²) in [5, 5.41) is 3.38. The van der Waals surface area contributed by atoms with E-state index < -0.39 is 0 Å². The van der Waals surface area contributed by atoms with Crippen LogP contribution in [0.4, 0.5) is 0 Å². The van der Waals surface area contributed by atoms with Crippen molar-refractivity contribution in [1.29, 1.82) is 0 Å². The van der Waals surface area contributed by atoms with Gasteiger partial charge in [-0.2, -0.15) is 0 Å². The van der Waals surface area contributed by atoms with Crippen molar-refractivity contribution >= 4 is 32.7 Å². The number of aromatic nitrogens is 3. The van der Waals surface area contributed by atoms with Crippen molar-refractivity contribution < 1.29 is 9.53 Å². The number of pyridine rings is 1. The van der Waals surface area contributed by atoms with E-state index in [4.69, 9.17) is 4.74 Å². The Kier molecular flexibility index (Phi) is 7.35. The molecule has 0 fully saturated rings. The van der Waals surface area contributed by atoms with Crippen molar-refractivity contribution in [3.8, 4) is 5.88 Å². The van der Waals surface area contributed by atoms with Gasteiger partial charge in [-0.1, -0.05) is 35.3 Å². The molecule has 0 saturated heterocycles. The summed E-state index contributed by atoms with van der Waals surface area (Å²) in [6, 6.07) is 9.05. The minimum absolute atomic E-state index is 0.158. The zero-order valence-electron chi connectivity index (χ0n) is 16.2. The van der Waals surface area contributed by atoms with Gasteiger partial charge < -0.3 is 10.1 Å². The Bertz CT molecular complexity index is 1050. The number of hydrogen-bond donors (Lipinski definition) is 1. The van der Waals surface area contributed by atoms with Gasteiger partial charge in [0.25, 0.3) is 5.56 Å². The highest BCUT2D eigenvalue weighted by Crippen LogP contribution is 2.15. The average molecular weight is 459 g/mol. The molecule has 1 amide bonds. The van der Waals surface area contributed by atoms with Crippen LogP contribution in [-0.4, -0.2) is 27.0 Å². The van der Waals surface area contributed by atoms with E-state index in [2.05, 4.69) is 38.1 Å². The quantitative estimate of drug-likeness (QED) is 0.496. The minimum atomic E-state index is -0.164. The van der Waals surface area contributed by atoms with E-state index in [0.717, 1.165) is 22.9 Å². The maximum Gasteiger partial charge on any atom is 0.261 e. The Morgan fingerprint density at radius 3 is 2.97 bits per heavy atom. The second-order valence-electron chi connectivity index (χ2n) is 6.60. The Hall–Kier alpha value is -2.74. The normalized spacial score (nSPS) is 10.8. The first-order valence-corrected chi connectivity index (χ1v) is 10.4. The summed E-state index contributed by atoms with van der Waals surface area (Å²) in [5.41, 5.74) is 1.29. The summed E-state index contributed by atoms with van der Waals surface area (Å²) in [6.45, 7) is 3.28. The first-order valence-electron chi connectivity index (χ1n) is 9.56. The second-order valence-corrected chi connectivity index (χ2v) is 7.52. The first kappa shape index (κ1) is 21.0. The highest BCUT2D eigenvalue weighted by Gasteiger charge is 2.09. The van der Waals surface area contributed by atoms with E-state index in [0.29, 0.717) is 29.9 Å². The van der Waals surface area contributed by atoms with Crippen molar-refractivity contribution in [2.45, 2.75) is 39.3 Å². The van der Waals surface area contributed by atoms with Crippen molar-refractivity contribution in [1.82, 2.24) is 19.9 Å². The smallest absolute Gasteiger partial charge is 0.261 e. The van der Waals surface area contributed by atoms with Gasteiger partial charge in [0.15, 0.2) is 0 Å². The van der Waals surface area contributed by atoms with Gasteiger partial charge in [-0.15, -0.1) is 0 Å². The van der Waals surface area contributed by atoms with Crippen LogP contribution in [0.5, 0.6) is 5.88 Å². The second kappa shape index (κ2) is 10.2. The number of ether oxygens (including phenoxy) is 1. The molecule has 0 radical (unpaired) electrons. The Balaban J connectivity index is 1.58. The van der Waals surface area contributed by atoms with Crippen LogP contribution in [0, 0.1) is 0 Å². The number of halogens is 1. The van der Waals surface area contributed by atoms with Crippen LogP contribution in [0.15, 0.2) is 52.1 Å². The van der Waals surface area contributed by atoms with Gasteiger partial charge in [-0.3, -0.25) is 14.2 Å². The van der Waals surface area contributed by atoms with Gasteiger partial charge in [-0.05, 0) is 30.7 Å². The molecule has 0 bridgehead atoms. The Morgan fingerprint density at radius 2 is 2.14 bits per heavy atom. The molecule has 3 aromatic rings. The molecular formula is C21H23BrN4O3. The molecule has 29 heavy (non-hydrogen) atoms. The van der Waals surface area contributed by atoms with Crippen LogP contribution in [0.3, 0.4) is 0 Å². The number of carbonyl (C=O) groups excluding carboxylic acids is 1. The molecule has 152 valence electrons. The number of nitrogens with one attached hydrogen (secondary N) is 1. The van der Waals surface area contributed by atoms with Crippen LogP contribution in [0.25, 0.3) is 10.9 Å². The fraction of sp³-hybridized carbons (Fsp3) is 0.333. The molecule has 2 aromatic heterocycles. The fourth-order valence-corrected chi connectivity index (χ4v) is 3.16. The molecule has 0 saturated carbocycles. The van der Waals surface area contributed by atoms with E-state index in [1.807, 2.05) is 18.2 Å². The van der Waals surface area contributed by atoms with Gasteiger partial charge in [0.2, 0.25) is 11.8 Å². The number of nitrogens with zero attached hydrogens (tertiary/aromatic N) is 3. The molecule has 0 unspecified atom stereocenters. The predicted molar refractivity (Wildman–Crippen MR) is 115 cm³/mol. The van der Waals surface area contributed by atoms with Gasteiger partial charge >= 0.3 is 0 Å². The number of fused-ring (bicyclic) bond motifs is 1. The number of carbonyl (C=O) groups is 1. The van der Waals surface area contributed by atoms with Crippen LogP contribution in [-0.2, 0) is 17.9 Å². The lowest BCUT2D eigenvalue weighted by atomic mass is 10.2. The van der Waals surface area contributed by atoms with E-state index in [9.17, 15) is 9.59 Å². The summed E-state index contributed by atoms with van der Waals surface area (Å²) in [6.07, 6.45) is 5.32. The van der Waals surface area contributed by atoms with Gasteiger partial charge in [0, 0.05) is 35.7 Å². The van der Waals surface area contributed by atoms with Crippen molar-refractivity contribution in [3.63, 3.8) is 0 Å². The molecule has 3 rings (SSSR count). The zero-order valence-corrected chi connectivity index (χ0v) is 17.8. The summed E-state index contributed by atoms with van der Waals surface area (Å²) in [7, 11) is 0. The third-order valence-electron chi connectivity index (χ3n) is 4.43. The summed E-state index contributed by atoms with van der Waals surface area (Å²) in [5.74, 6) is 0.386. The summed E-state index contributed by atoms with van der Waals surface area (Å²) in [4.78, 5) is 33.4. The predicted octanol–water partition coefficient (Wildman–Crippen LogP) is 3.44. The third kappa shape index (κ3) is 5.63. The summed E-state index contributed by atoms with van der Waals surface area (Å²) < 4.78 is 7.95. The van der Waals surface area contributed by atoms with Crippen molar-refractivity contribution in [2.75, 3.05) is 6.61 Å². The lowest BCUT2D eigenvalue weighted by Gasteiger charge is -2.11. The highest BCUT2D eigenvalue weighted by atomic mass is 79.9. The van der Waals surface area contributed by atoms with Crippen molar-refractivity contribution in [2.24, 2.45) is 0 Å². The Labute approximate surface area is 177 Å². The van der Waals surface area contributed by atoms with E-state index in [1.54, 1.807) is 18.3 Å². The third-order valence-corrected chi connectivity index (χ3v) is 4.92. The molecule has 0 aliphatic carbocycles. The van der Waals surface area contributed by atoms with Crippen LogP contribution in [0.2, 0.25) is 0 Å². The molecular weight excluding hydrogens is 436 g/mol. The minimum Gasteiger partial charge on any atom is -0.477 e. The Morgan fingerprint density at radius 1 is 1.28 bits per heavy atom. The van der Waals surface area contributed by atoms with Crippen LogP contribution < -0.4 is 15.6 Å². The van der Waals surface area contributed by atoms with Crippen molar-refractivity contribution in [3.05, 3.63) is 63.2 Å². The molecule has 8 heteroatoms. The standard InChI is InChI=1S/C21H23BrN4O3/c1-2-3-11-29-20-15(5-4-9-23-20)13-24-19(27)8-10-26-14-25-18-7-6-16(22)12-17(18)21(26)28/h4-7,9,12,14H,2-3,8,10-11,13H2,1H3,(H,24,27). The lowest BCUT2D eigenvalue weighted by molar-refractivity contribution is -0.121. The van der Waals surface area contributed by atoms with Gasteiger partial charge in [0.1, 0.15) is 0 Å². The molecule has 0 aliphatic rings. The molecule has 0 spiro atoms. The SMILES string of the molecule is CCCCOc1ncccc1CNC(=O)CCn1cnc2ccc(Br)cc2c1=O. The average Bonchev–Trinajstić information content (AvgIpc) is 2.73. The zero-order chi connectivity index (χ0) is 20.6. The number of unbranched alkanes of at least 4 members (excludes halogenated alkanes) is 1. The number of hydrogen-bond acceptors (Lipinski definition) is 5. The largest absolute Gasteiger partial charge is 0.477 e. The number of amides is 1. The van der Waals surface area contributed by atoms with E-state index in [-0.39, 0.29) is 24.4 Å².